The smallest absolute Gasteiger partial charge is 0.238 e. The Labute approximate surface area is 233 Å². The number of carbonyl (C=O) groups is 1. The van der Waals surface area contributed by atoms with Gasteiger partial charge in [-0.1, -0.05) is 76.9 Å². The van der Waals surface area contributed by atoms with E-state index in [4.69, 9.17) is 9.88 Å². The van der Waals surface area contributed by atoms with Gasteiger partial charge in [0.05, 0.1) is 18.2 Å². The Morgan fingerprint density at radius 3 is 2.42 bits per heavy atom. The highest BCUT2D eigenvalue weighted by Crippen LogP contribution is 2.32. The van der Waals surface area contributed by atoms with Crippen molar-refractivity contribution in [3.63, 3.8) is 0 Å². The molecule has 0 saturated heterocycles. The first-order valence-corrected chi connectivity index (χ1v) is 15.2. The molecule has 1 unspecified atom stereocenters. The topological polar surface area (TPSA) is 111 Å². The number of sulfonamides is 1. The number of rotatable bonds is 12. The minimum absolute atomic E-state index is 0.0429. The number of carbonyl (C=O) groups excluding carboxylic acids is 1. The van der Waals surface area contributed by atoms with Crippen LogP contribution in [0.15, 0.2) is 82.2 Å². The number of nitrogens with one attached hydrogen (secondary N) is 2. The summed E-state index contributed by atoms with van der Waals surface area (Å²) in [6.07, 6.45) is 3.83. The maximum atomic E-state index is 12.9. The van der Waals surface area contributed by atoms with E-state index in [0.29, 0.717) is 25.4 Å². The molecular formula is C29H34BrN3O4S. The van der Waals surface area contributed by atoms with Crippen molar-refractivity contribution in [3.8, 4) is 11.1 Å². The van der Waals surface area contributed by atoms with Gasteiger partial charge in [-0.2, -0.15) is 0 Å². The average Bonchev–Trinajstić information content (AvgIpc) is 3.39. The van der Waals surface area contributed by atoms with Gasteiger partial charge in [0.2, 0.25) is 15.9 Å². The number of primary sulfonamides is 1. The molecule has 38 heavy (non-hydrogen) atoms. The number of benzene rings is 3. The monoisotopic (exact) mass is 599 g/mol. The van der Waals surface area contributed by atoms with Crippen molar-refractivity contribution < 1.29 is 17.9 Å². The van der Waals surface area contributed by atoms with Gasteiger partial charge in [0.15, 0.2) is 0 Å². The summed E-state index contributed by atoms with van der Waals surface area (Å²) in [5, 5.41) is 11.8. The van der Waals surface area contributed by atoms with E-state index in [-0.39, 0.29) is 22.6 Å². The van der Waals surface area contributed by atoms with E-state index >= 15 is 0 Å². The molecule has 1 saturated carbocycles. The molecule has 0 aromatic heterocycles. The van der Waals surface area contributed by atoms with Crippen molar-refractivity contribution in [3.05, 3.63) is 88.4 Å². The van der Waals surface area contributed by atoms with Gasteiger partial charge < -0.3 is 10.1 Å². The third-order valence-electron chi connectivity index (χ3n) is 6.96. The predicted molar refractivity (Wildman–Crippen MR) is 153 cm³/mol. The first-order valence-electron chi connectivity index (χ1n) is 12.8. The lowest BCUT2D eigenvalue weighted by molar-refractivity contribution is -0.127. The lowest BCUT2D eigenvalue weighted by Gasteiger charge is -2.19. The summed E-state index contributed by atoms with van der Waals surface area (Å²) in [5.41, 5.74) is 3.53. The van der Waals surface area contributed by atoms with Crippen LogP contribution in [0.2, 0.25) is 0 Å². The fourth-order valence-electron chi connectivity index (χ4n) is 4.90. The zero-order chi connectivity index (χ0) is 27.0. The molecule has 4 rings (SSSR count). The van der Waals surface area contributed by atoms with Crippen molar-refractivity contribution in [1.82, 2.24) is 10.6 Å². The lowest BCUT2D eigenvalue weighted by atomic mass is 9.96. The second kappa shape index (κ2) is 13.5. The zero-order valence-electron chi connectivity index (χ0n) is 21.2. The number of nitrogens with two attached hydrogens (primary N) is 1. The Morgan fingerprint density at radius 2 is 1.68 bits per heavy atom. The third kappa shape index (κ3) is 7.97. The van der Waals surface area contributed by atoms with Gasteiger partial charge >= 0.3 is 0 Å². The SMILES string of the molecule is NS(=O)(=O)c1ccccc1-c1ccc(CNC(=O)C2CCC[C@H]2COCNCCc2ccc(Br)cc2)cc1. The Kier molecular flexibility index (Phi) is 10.1. The predicted octanol–water partition coefficient (Wildman–Crippen LogP) is 4.60. The van der Waals surface area contributed by atoms with Crippen molar-refractivity contribution in [2.45, 2.75) is 37.1 Å². The molecule has 1 fully saturated rings. The van der Waals surface area contributed by atoms with Crippen molar-refractivity contribution in [2.75, 3.05) is 19.9 Å². The molecule has 0 aliphatic heterocycles. The summed E-state index contributed by atoms with van der Waals surface area (Å²) in [6, 6.07) is 22.4. The molecule has 3 aromatic rings. The molecule has 0 heterocycles. The van der Waals surface area contributed by atoms with E-state index in [9.17, 15) is 13.2 Å². The summed E-state index contributed by atoms with van der Waals surface area (Å²) < 4.78 is 30.8. The molecule has 1 aliphatic rings. The molecule has 3 aromatic carbocycles. The molecule has 0 radical (unpaired) electrons. The summed E-state index contributed by atoms with van der Waals surface area (Å²) in [6.45, 7) is 2.30. The van der Waals surface area contributed by atoms with Gasteiger partial charge in [0.1, 0.15) is 0 Å². The summed E-state index contributed by atoms with van der Waals surface area (Å²) >= 11 is 3.45. The number of halogens is 1. The van der Waals surface area contributed by atoms with Crippen molar-refractivity contribution >= 4 is 31.9 Å². The van der Waals surface area contributed by atoms with Gasteiger partial charge in [-0.05, 0) is 60.1 Å². The second-order valence-corrected chi connectivity index (χ2v) is 12.1. The first kappa shape index (κ1) is 28.4. The standard InChI is InChI=1S/C29H34BrN3O4S/c30-25-14-10-21(11-15-25)16-17-32-20-37-19-24-4-3-6-27(24)29(34)33-18-22-8-12-23(13-9-22)26-5-1-2-7-28(26)38(31,35)36/h1-2,5,7-15,24,27,32H,3-4,6,16-20H2,(H,33,34)(H2,31,35,36)/t24-,27?/m0/s1. The van der Waals surface area contributed by atoms with E-state index in [2.05, 4.69) is 38.7 Å². The highest BCUT2D eigenvalue weighted by molar-refractivity contribution is 9.10. The van der Waals surface area contributed by atoms with E-state index in [1.807, 2.05) is 36.4 Å². The molecule has 0 bridgehead atoms. The van der Waals surface area contributed by atoms with Crippen molar-refractivity contribution in [1.29, 1.82) is 0 Å². The van der Waals surface area contributed by atoms with Crippen LogP contribution in [-0.4, -0.2) is 34.2 Å². The zero-order valence-corrected chi connectivity index (χ0v) is 23.6. The van der Waals surface area contributed by atoms with E-state index in [0.717, 1.165) is 47.8 Å². The number of hydrogen-bond donors (Lipinski definition) is 3. The van der Waals surface area contributed by atoms with Gasteiger partial charge in [-0.25, -0.2) is 13.6 Å². The molecule has 7 nitrogen and oxygen atoms in total. The molecule has 1 amide bonds. The molecular weight excluding hydrogens is 566 g/mol. The Hall–Kier alpha value is -2.56. The largest absolute Gasteiger partial charge is 0.366 e. The van der Waals surface area contributed by atoms with Crippen LogP contribution < -0.4 is 15.8 Å². The Balaban J connectivity index is 1.21. The first-order chi connectivity index (χ1) is 18.3. The minimum atomic E-state index is -3.83. The van der Waals surface area contributed by atoms with Gasteiger partial charge in [-0.15, -0.1) is 0 Å². The van der Waals surface area contributed by atoms with Gasteiger partial charge in [-0.3, -0.25) is 10.1 Å². The average molecular weight is 601 g/mol. The minimum Gasteiger partial charge on any atom is -0.366 e. The van der Waals surface area contributed by atoms with Gasteiger partial charge in [0.25, 0.3) is 0 Å². The van der Waals surface area contributed by atoms with E-state index in [1.165, 1.54) is 11.6 Å². The number of hydrogen-bond acceptors (Lipinski definition) is 5. The van der Waals surface area contributed by atoms with Crippen molar-refractivity contribution in [2.24, 2.45) is 17.0 Å². The molecule has 9 heteroatoms. The third-order valence-corrected chi connectivity index (χ3v) is 8.46. The Morgan fingerprint density at radius 1 is 0.974 bits per heavy atom. The number of ether oxygens (including phenoxy) is 1. The fraction of sp³-hybridized carbons (Fsp3) is 0.345. The van der Waals surface area contributed by atoms with E-state index < -0.39 is 10.0 Å². The summed E-state index contributed by atoms with van der Waals surface area (Å²) in [5.74, 6) is 0.238. The van der Waals surface area contributed by atoms with E-state index in [1.54, 1.807) is 18.2 Å². The van der Waals surface area contributed by atoms with Crippen LogP contribution in [0.1, 0.15) is 30.4 Å². The maximum absolute atomic E-state index is 12.9. The van der Waals surface area contributed by atoms with Crippen LogP contribution in [0.25, 0.3) is 11.1 Å². The van der Waals surface area contributed by atoms with Crippen LogP contribution in [-0.2, 0) is 32.5 Å². The van der Waals surface area contributed by atoms with Crippen LogP contribution in [0.3, 0.4) is 0 Å². The second-order valence-electron chi connectivity index (χ2n) is 9.64. The molecule has 4 N–H and O–H groups in total. The fourth-order valence-corrected chi connectivity index (χ4v) is 5.92. The van der Waals surface area contributed by atoms with Crippen LogP contribution in [0.5, 0.6) is 0 Å². The molecule has 202 valence electrons. The number of amides is 1. The normalized spacial score (nSPS) is 17.4. The highest BCUT2D eigenvalue weighted by atomic mass is 79.9. The van der Waals surface area contributed by atoms with Crippen LogP contribution in [0, 0.1) is 11.8 Å². The lowest BCUT2D eigenvalue weighted by Crippen LogP contribution is -2.34. The maximum Gasteiger partial charge on any atom is 0.238 e. The van der Waals surface area contributed by atoms with Crippen LogP contribution >= 0.6 is 15.9 Å². The summed E-state index contributed by atoms with van der Waals surface area (Å²) in [4.78, 5) is 13.0. The quantitative estimate of drug-likeness (QED) is 0.208. The summed E-state index contributed by atoms with van der Waals surface area (Å²) in [7, 11) is -3.83. The van der Waals surface area contributed by atoms with Gasteiger partial charge in [0, 0.05) is 29.0 Å². The molecule has 2 atom stereocenters. The van der Waals surface area contributed by atoms with Crippen LogP contribution in [0.4, 0.5) is 0 Å². The Bertz CT molecular complexity index is 1310. The molecule has 1 aliphatic carbocycles. The highest BCUT2D eigenvalue weighted by Gasteiger charge is 2.32. The molecule has 0 spiro atoms.